The highest BCUT2D eigenvalue weighted by atomic mass is 16.3. The molecule has 4 nitrogen and oxygen atoms in total. The van der Waals surface area contributed by atoms with Crippen molar-refractivity contribution in [3.63, 3.8) is 0 Å². The minimum atomic E-state index is -1.23. The number of carbonyl (C=O) groups is 1. The lowest BCUT2D eigenvalue weighted by Gasteiger charge is -2.20. The number of carbonyl (C=O) groups excluding carboxylic acids is 1. The van der Waals surface area contributed by atoms with E-state index in [1.807, 2.05) is 25.1 Å². The largest absolute Gasteiger partial charge is 0.393 e. The van der Waals surface area contributed by atoms with E-state index < -0.39 is 12.1 Å². The standard InChI is InChI=1S/C12H14N2O2/c1-9-3-5-10(6-4-9)11(16)14-12(2,7-13)8-15/h3-6,15H,8H2,1-2H3,(H,14,16). The van der Waals surface area contributed by atoms with Gasteiger partial charge in [0.05, 0.1) is 12.7 Å². The summed E-state index contributed by atoms with van der Waals surface area (Å²) in [5.74, 6) is -0.363. The zero-order valence-electron chi connectivity index (χ0n) is 9.32. The molecule has 1 unspecified atom stereocenters. The Morgan fingerprint density at radius 1 is 1.50 bits per heavy atom. The second-order valence-corrected chi connectivity index (χ2v) is 3.92. The summed E-state index contributed by atoms with van der Waals surface area (Å²) in [5, 5.41) is 20.3. The molecule has 1 amide bonds. The van der Waals surface area contributed by atoms with Crippen molar-refractivity contribution in [3.8, 4) is 6.07 Å². The van der Waals surface area contributed by atoms with E-state index in [1.54, 1.807) is 12.1 Å². The molecule has 4 heteroatoms. The van der Waals surface area contributed by atoms with Gasteiger partial charge in [0.1, 0.15) is 5.54 Å². The average Bonchev–Trinajstić information content (AvgIpc) is 2.29. The molecule has 0 fully saturated rings. The van der Waals surface area contributed by atoms with E-state index >= 15 is 0 Å². The molecule has 0 aliphatic carbocycles. The fourth-order valence-corrected chi connectivity index (χ4v) is 1.13. The maximum absolute atomic E-state index is 11.7. The molecule has 1 aromatic rings. The van der Waals surface area contributed by atoms with Gasteiger partial charge in [0.25, 0.3) is 5.91 Å². The highest BCUT2D eigenvalue weighted by Gasteiger charge is 2.25. The van der Waals surface area contributed by atoms with Crippen molar-refractivity contribution in [1.29, 1.82) is 5.26 Å². The number of benzene rings is 1. The van der Waals surface area contributed by atoms with Gasteiger partial charge in [-0.2, -0.15) is 5.26 Å². The predicted molar refractivity (Wildman–Crippen MR) is 59.7 cm³/mol. The number of rotatable bonds is 3. The third-order valence-electron chi connectivity index (χ3n) is 2.27. The van der Waals surface area contributed by atoms with Gasteiger partial charge in [0.15, 0.2) is 0 Å². The summed E-state index contributed by atoms with van der Waals surface area (Å²) < 4.78 is 0. The van der Waals surface area contributed by atoms with Gasteiger partial charge < -0.3 is 10.4 Å². The van der Waals surface area contributed by atoms with Gasteiger partial charge in [-0.15, -0.1) is 0 Å². The molecule has 0 aliphatic heterocycles. The van der Waals surface area contributed by atoms with Crippen LogP contribution < -0.4 is 5.32 Å². The zero-order chi connectivity index (χ0) is 12.2. The van der Waals surface area contributed by atoms with Gasteiger partial charge in [-0.1, -0.05) is 17.7 Å². The molecule has 1 atom stereocenters. The van der Waals surface area contributed by atoms with Crippen molar-refractivity contribution in [2.45, 2.75) is 19.4 Å². The van der Waals surface area contributed by atoms with E-state index in [0.717, 1.165) is 5.56 Å². The second-order valence-electron chi connectivity index (χ2n) is 3.92. The molecule has 0 aliphatic rings. The van der Waals surface area contributed by atoms with Crippen LogP contribution in [0.4, 0.5) is 0 Å². The van der Waals surface area contributed by atoms with Crippen LogP contribution >= 0.6 is 0 Å². The normalized spacial score (nSPS) is 13.6. The van der Waals surface area contributed by atoms with Gasteiger partial charge in [0, 0.05) is 5.56 Å². The molecule has 0 saturated heterocycles. The number of hydrogen-bond donors (Lipinski definition) is 2. The number of nitrogens with zero attached hydrogens (tertiary/aromatic N) is 1. The summed E-state index contributed by atoms with van der Waals surface area (Å²) in [4.78, 5) is 11.7. The second kappa shape index (κ2) is 4.77. The Labute approximate surface area is 94.5 Å². The maximum Gasteiger partial charge on any atom is 0.252 e. The summed E-state index contributed by atoms with van der Waals surface area (Å²) in [5.41, 5.74) is 0.296. The molecule has 1 rings (SSSR count). The number of aliphatic hydroxyl groups is 1. The predicted octanol–water partition coefficient (Wildman–Crippen LogP) is 0.999. The fraction of sp³-hybridized carbons (Fsp3) is 0.333. The first-order valence-corrected chi connectivity index (χ1v) is 4.92. The van der Waals surface area contributed by atoms with Crippen molar-refractivity contribution >= 4 is 5.91 Å². The van der Waals surface area contributed by atoms with E-state index in [4.69, 9.17) is 10.4 Å². The van der Waals surface area contributed by atoms with E-state index in [9.17, 15) is 4.79 Å². The maximum atomic E-state index is 11.7. The summed E-state index contributed by atoms with van der Waals surface area (Å²) in [6.45, 7) is 2.98. The number of hydrogen-bond acceptors (Lipinski definition) is 3. The lowest BCUT2D eigenvalue weighted by molar-refractivity contribution is 0.0893. The first kappa shape index (κ1) is 12.2. The highest BCUT2D eigenvalue weighted by molar-refractivity contribution is 5.94. The molecule has 0 saturated carbocycles. The third-order valence-corrected chi connectivity index (χ3v) is 2.27. The lowest BCUT2D eigenvalue weighted by Crippen LogP contribution is -2.47. The van der Waals surface area contributed by atoms with Crippen LogP contribution in [0, 0.1) is 18.3 Å². The van der Waals surface area contributed by atoms with Crippen LogP contribution in [-0.4, -0.2) is 23.2 Å². The molecule has 2 N–H and O–H groups in total. The van der Waals surface area contributed by atoms with Crippen molar-refractivity contribution < 1.29 is 9.90 Å². The minimum Gasteiger partial charge on any atom is -0.393 e. The third kappa shape index (κ3) is 2.81. The Bertz CT molecular complexity index is 420. The van der Waals surface area contributed by atoms with Crippen LogP contribution in [-0.2, 0) is 0 Å². The van der Waals surface area contributed by atoms with Crippen LogP contribution in [0.3, 0.4) is 0 Å². The summed E-state index contributed by atoms with van der Waals surface area (Å²) in [7, 11) is 0. The highest BCUT2D eigenvalue weighted by Crippen LogP contribution is 2.06. The molecule has 0 spiro atoms. The van der Waals surface area contributed by atoms with E-state index in [1.165, 1.54) is 6.92 Å². The Kier molecular flexibility index (Phi) is 3.64. The SMILES string of the molecule is Cc1ccc(C(=O)NC(C)(C#N)CO)cc1. The first-order chi connectivity index (χ1) is 7.50. The number of amides is 1. The molecular formula is C12H14N2O2. The Balaban J connectivity index is 2.81. The van der Waals surface area contributed by atoms with Crippen molar-refractivity contribution in [3.05, 3.63) is 35.4 Å². The van der Waals surface area contributed by atoms with Crippen molar-refractivity contribution in [1.82, 2.24) is 5.32 Å². The smallest absolute Gasteiger partial charge is 0.252 e. The van der Waals surface area contributed by atoms with E-state index in [0.29, 0.717) is 5.56 Å². The van der Waals surface area contributed by atoms with Gasteiger partial charge in [-0.3, -0.25) is 4.79 Å². The van der Waals surface area contributed by atoms with Crippen LogP contribution in [0.15, 0.2) is 24.3 Å². The monoisotopic (exact) mass is 218 g/mol. The topological polar surface area (TPSA) is 73.1 Å². The van der Waals surface area contributed by atoms with E-state index in [-0.39, 0.29) is 5.91 Å². The van der Waals surface area contributed by atoms with Crippen molar-refractivity contribution in [2.75, 3.05) is 6.61 Å². The quantitative estimate of drug-likeness (QED) is 0.794. The van der Waals surface area contributed by atoms with Crippen LogP contribution in [0.1, 0.15) is 22.8 Å². The number of nitrogens with one attached hydrogen (secondary N) is 1. The molecule has 84 valence electrons. The Hall–Kier alpha value is -1.86. The van der Waals surface area contributed by atoms with Gasteiger partial charge in [0.2, 0.25) is 0 Å². The Morgan fingerprint density at radius 2 is 2.06 bits per heavy atom. The number of aryl methyl sites for hydroxylation is 1. The van der Waals surface area contributed by atoms with Crippen molar-refractivity contribution in [2.24, 2.45) is 0 Å². The fourth-order valence-electron chi connectivity index (χ4n) is 1.13. The van der Waals surface area contributed by atoms with Crippen LogP contribution in [0.5, 0.6) is 0 Å². The van der Waals surface area contributed by atoms with Crippen LogP contribution in [0.2, 0.25) is 0 Å². The van der Waals surface area contributed by atoms with Crippen LogP contribution in [0.25, 0.3) is 0 Å². The van der Waals surface area contributed by atoms with Gasteiger partial charge in [-0.25, -0.2) is 0 Å². The van der Waals surface area contributed by atoms with Gasteiger partial charge >= 0.3 is 0 Å². The van der Waals surface area contributed by atoms with E-state index in [2.05, 4.69) is 5.32 Å². The first-order valence-electron chi connectivity index (χ1n) is 4.92. The molecule has 0 radical (unpaired) electrons. The summed E-state index contributed by atoms with van der Waals surface area (Å²) >= 11 is 0. The molecule has 0 aromatic heterocycles. The number of nitriles is 1. The zero-order valence-corrected chi connectivity index (χ0v) is 9.32. The summed E-state index contributed by atoms with van der Waals surface area (Å²) in [6, 6.07) is 8.85. The van der Waals surface area contributed by atoms with Gasteiger partial charge in [-0.05, 0) is 26.0 Å². The molecule has 16 heavy (non-hydrogen) atoms. The molecular weight excluding hydrogens is 204 g/mol. The minimum absolute atomic E-state index is 0.363. The summed E-state index contributed by atoms with van der Waals surface area (Å²) in [6.07, 6.45) is 0. The average molecular weight is 218 g/mol. The molecule has 0 heterocycles. The molecule has 1 aromatic carbocycles. The lowest BCUT2D eigenvalue weighted by atomic mass is 10.1. The molecule has 0 bridgehead atoms. The Morgan fingerprint density at radius 3 is 2.50 bits per heavy atom. The number of aliphatic hydroxyl groups excluding tert-OH is 1.